The van der Waals surface area contributed by atoms with E-state index in [0.29, 0.717) is 6.42 Å². The summed E-state index contributed by atoms with van der Waals surface area (Å²) >= 11 is 0. The number of amides is 1. The first-order chi connectivity index (χ1) is 11.0. The molecule has 0 N–H and O–H groups in total. The molecule has 5 heteroatoms. The van der Waals surface area contributed by atoms with Crippen LogP contribution in [0.25, 0.3) is 0 Å². The topological polar surface area (TPSA) is 55.8 Å². The lowest BCUT2D eigenvalue weighted by molar-refractivity contribution is -0.159. The van der Waals surface area contributed by atoms with Crippen LogP contribution < -0.4 is 0 Å². The van der Waals surface area contributed by atoms with E-state index in [9.17, 15) is 9.59 Å². The van der Waals surface area contributed by atoms with Crippen molar-refractivity contribution < 1.29 is 19.1 Å². The van der Waals surface area contributed by atoms with Crippen LogP contribution in [0.2, 0.25) is 0 Å². The Morgan fingerprint density at radius 1 is 1.22 bits per heavy atom. The Morgan fingerprint density at radius 3 is 2.30 bits per heavy atom. The second kappa shape index (κ2) is 9.10. The fraction of sp³-hybridized carbons (Fsp3) is 0.444. The van der Waals surface area contributed by atoms with E-state index in [1.807, 2.05) is 37.3 Å². The van der Waals surface area contributed by atoms with E-state index in [1.54, 1.807) is 13.0 Å². The van der Waals surface area contributed by atoms with Crippen LogP contribution in [-0.4, -0.2) is 43.1 Å². The molecule has 0 fully saturated rings. The third-order valence-corrected chi connectivity index (χ3v) is 3.85. The number of methoxy groups -OCH3 is 2. The van der Waals surface area contributed by atoms with E-state index in [4.69, 9.17) is 9.47 Å². The summed E-state index contributed by atoms with van der Waals surface area (Å²) in [7, 11) is 2.78. The largest absolute Gasteiger partial charge is 0.467 e. The minimum Gasteiger partial charge on any atom is -0.467 e. The second-order valence-electron chi connectivity index (χ2n) is 5.27. The zero-order valence-electron chi connectivity index (χ0n) is 14.2. The maximum Gasteiger partial charge on any atom is 0.328 e. The third kappa shape index (κ3) is 4.66. The molecule has 1 aromatic carbocycles. The molecule has 23 heavy (non-hydrogen) atoms. The first kappa shape index (κ1) is 18.9. The molecule has 0 bridgehead atoms. The van der Waals surface area contributed by atoms with Crippen molar-refractivity contribution in [3.63, 3.8) is 0 Å². The normalized spacial score (nSPS) is 14.4. The van der Waals surface area contributed by atoms with Crippen LogP contribution in [0, 0.1) is 0 Å². The molecule has 0 unspecified atom stereocenters. The number of rotatable bonds is 8. The van der Waals surface area contributed by atoms with Crippen molar-refractivity contribution >= 4 is 11.9 Å². The SMILES string of the molecule is C=CC[C@@H](C(=O)OC)N(C(=O)[C@@H](C)OC)[C@@H](C)c1ccccc1. The monoisotopic (exact) mass is 319 g/mol. The van der Waals surface area contributed by atoms with Crippen LogP contribution in [0.5, 0.6) is 0 Å². The quantitative estimate of drug-likeness (QED) is 0.546. The molecule has 0 saturated heterocycles. The van der Waals surface area contributed by atoms with Gasteiger partial charge in [0.05, 0.1) is 13.2 Å². The predicted molar refractivity (Wildman–Crippen MR) is 88.8 cm³/mol. The zero-order valence-corrected chi connectivity index (χ0v) is 14.2. The zero-order chi connectivity index (χ0) is 17.4. The van der Waals surface area contributed by atoms with Gasteiger partial charge in [-0.3, -0.25) is 4.79 Å². The van der Waals surface area contributed by atoms with Gasteiger partial charge in [-0.1, -0.05) is 36.4 Å². The number of benzene rings is 1. The van der Waals surface area contributed by atoms with Crippen molar-refractivity contribution in [1.82, 2.24) is 4.90 Å². The number of hydrogen-bond donors (Lipinski definition) is 0. The summed E-state index contributed by atoms with van der Waals surface area (Å²) in [6.45, 7) is 7.22. The molecule has 1 amide bonds. The minimum atomic E-state index is -0.738. The van der Waals surface area contributed by atoms with Crippen LogP contribution in [0.3, 0.4) is 0 Å². The molecule has 0 aliphatic rings. The average Bonchev–Trinajstić information content (AvgIpc) is 2.60. The van der Waals surface area contributed by atoms with Gasteiger partial charge in [0.1, 0.15) is 12.1 Å². The molecule has 0 spiro atoms. The van der Waals surface area contributed by atoms with Gasteiger partial charge in [0.2, 0.25) is 0 Å². The van der Waals surface area contributed by atoms with Crippen molar-refractivity contribution in [3.05, 3.63) is 48.6 Å². The van der Waals surface area contributed by atoms with Crippen LogP contribution in [0.4, 0.5) is 0 Å². The first-order valence-electron chi connectivity index (χ1n) is 7.56. The molecule has 0 aliphatic heterocycles. The first-order valence-corrected chi connectivity index (χ1v) is 7.56. The number of carbonyl (C=O) groups excluding carboxylic acids is 2. The van der Waals surface area contributed by atoms with E-state index in [2.05, 4.69) is 6.58 Å². The number of hydrogen-bond acceptors (Lipinski definition) is 4. The highest BCUT2D eigenvalue weighted by Gasteiger charge is 2.36. The molecule has 0 heterocycles. The lowest BCUT2D eigenvalue weighted by Gasteiger charge is -2.36. The van der Waals surface area contributed by atoms with Gasteiger partial charge in [0.25, 0.3) is 5.91 Å². The van der Waals surface area contributed by atoms with Gasteiger partial charge in [-0.2, -0.15) is 0 Å². The van der Waals surface area contributed by atoms with E-state index < -0.39 is 18.1 Å². The van der Waals surface area contributed by atoms with Gasteiger partial charge < -0.3 is 14.4 Å². The standard InChI is InChI=1S/C18H25NO4/c1-6-10-16(18(21)23-5)19(17(20)14(3)22-4)13(2)15-11-8-7-9-12-15/h6-9,11-14,16H,1,10H2,2-5H3/t13-,14+,16-/m0/s1. The molecule has 1 aromatic rings. The van der Waals surface area contributed by atoms with Crippen LogP contribution in [-0.2, 0) is 19.1 Å². The van der Waals surface area contributed by atoms with Gasteiger partial charge in [0.15, 0.2) is 0 Å². The Morgan fingerprint density at radius 2 is 1.83 bits per heavy atom. The summed E-state index contributed by atoms with van der Waals surface area (Å²) in [4.78, 5) is 26.5. The maximum atomic E-state index is 12.8. The molecule has 1 rings (SSSR count). The summed E-state index contributed by atoms with van der Waals surface area (Å²) in [6, 6.07) is 8.50. The van der Waals surface area contributed by atoms with Gasteiger partial charge in [-0.15, -0.1) is 6.58 Å². The highest BCUT2D eigenvalue weighted by Crippen LogP contribution is 2.26. The molecule has 3 atom stereocenters. The lowest BCUT2D eigenvalue weighted by atomic mass is 10.0. The fourth-order valence-corrected chi connectivity index (χ4v) is 2.43. The number of esters is 1. The van der Waals surface area contributed by atoms with E-state index in [0.717, 1.165) is 5.56 Å². The predicted octanol–water partition coefficient (Wildman–Crippen LogP) is 2.73. The maximum absolute atomic E-state index is 12.8. The Labute approximate surface area is 137 Å². The minimum absolute atomic E-state index is 0.263. The molecular formula is C18H25NO4. The Balaban J connectivity index is 3.26. The molecule has 0 aromatic heterocycles. The van der Waals surface area contributed by atoms with E-state index in [-0.39, 0.29) is 11.9 Å². The lowest BCUT2D eigenvalue weighted by Crippen LogP contribution is -2.50. The summed E-state index contributed by atoms with van der Waals surface area (Å²) in [5.74, 6) is -0.731. The van der Waals surface area contributed by atoms with E-state index >= 15 is 0 Å². The molecular weight excluding hydrogens is 294 g/mol. The summed E-state index contributed by atoms with van der Waals surface area (Å²) in [5.41, 5.74) is 0.933. The van der Waals surface area contributed by atoms with Crippen molar-refractivity contribution in [1.29, 1.82) is 0 Å². The molecule has 126 valence electrons. The summed E-state index contributed by atoms with van der Waals surface area (Å²) in [5, 5.41) is 0. The number of ether oxygens (including phenoxy) is 2. The molecule has 0 aliphatic carbocycles. The van der Waals surface area contributed by atoms with Gasteiger partial charge >= 0.3 is 5.97 Å². The number of nitrogens with zero attached hydrogens (tertiary/aromatic N) is 1. The van der Waals surface area contributed by atoms with Crippen molar-refractivity contribution in [2.45, 2.75) is 38.5 Å². The summed E-state index contributed by atoms with van der Waals surface area (Å²) in [6.07, 6.45) is 1.27. The van der Waals surface area contributed by atoms with Gasteiger partial charge in [-0.25, -0.2) is 4.79 Å². The van der Waals surface area contributed by atoms with Crippen LogP contribution >= 0.6 is 0 Å². The highest BCUT2D eigenvalue weighted by molar-refractivity contribution is 5.87. The summed E-state index contributed by atoms with van der Waals surface area (Å²) < 4.78 is 10.0. The fourth-order valence-electron chi connectivity index (χ4n) is 2.43. The smallest absolute Gasteiger partial charge is 0.328 e. The van der Waals surface area contributed by atoms with Gasteiger partial charge in [-0.05, 0) is 25.8 Å². The second-order valence-corrected chi connectivity index (χ2v) is 5.27. The average molecular weight is 319 g/mol. The molecule has 0 radical (unpaired) electrons. The van der Waals surface area contributed by atoms with Crippen LogP contribution in [0.15, 0.2) is 43.0 Å². The molecule has 5 nitrogen and oxygen atoms in total. The Bertz CT molecular complexity index is 529. The van der Waals surface area contributed by atoms with Crippen molar-refractivity contribution in [3.8, 4) is 0 Å². The van der Waals surface area contributed by atoms with Crippen LogP contribution in [0.1, 0.15) is 31.9 Å². The Hall–Kier alpha value is -2.14. The van der Waals surface area contributed by atoms with Crippen molar-refractivity contribution in [2.75, 3.05) is 14.2 Å². The molecule has 0 saturated carbocycles. The highest BCUT2D eigenvalue weighted by atomic mass is 16.5. The van der Waals surface area contributed by atoms with Gasteiger partial charge in [0, 0.05) is 7.11 Å². The van der Waals surface area contributed by atoms with Crippen molar-refractivity contribution in [2.24, 2.45) is 0 Å². The third-order valence-electron chi connectivity index (χ3n) is 3.85. The number of carbonyl (C=O) groups is 2. The Kier molecular flexibility index (Phi) is 7.48. The van der Waals surface area contributed by atoms with E-state index in [1.165, 1.54) is 19.1 Å².